The molecule has 0 atom stereocenters. The van der Waals surface area contributed by atoms with E-state index in [4.69, 9.17) is 0 Å². The van der Waals surface area contributed by atoms with Crippen molar-refractivity contribution in [2.24, 2.45) is 0 Å². The van der Waals surface area contributed by atoms with E-state index >= 15 is 0 Å². The number of hydrogen-bond donors (Lipinski definition) is 0. The lowest BCUT2D eigenvalue weighted by atomic mass is 11.0. The van der Waals surface area contributed by atoms with Crippen molar-refractivity contribution in [3.8, 4) is 0 Å². The normalized spacial score (nSPS) is 14.2. The minimum Gasteiger partial charge on any atom is -0.810 e. The smallest absolute Gasteiger partial charge is 0.0116 e. The van der Waals surface area contributed by atoms with Gasteiger partial charge in [-0.15, -0.1) is 0 Å². The Bertz CT molecular complexity index is 176. The van der Waals surface area contributed by atoms with E-state index in [9.17, 15) is 28.7 Å². The van der Waals surface area contributed by atoms with E-state index in [1.54, 1.807) is 0 Å². The Morgan fingerprint density at radius 2 is 1.20 bits per heavy atom. The first-order valence-corrected chi connectivity index (χ1v) is 5.41. The standard InChI is InChI=1S/C2H8O6P2/c1-2(9(3,4)5)10(6,7)8/h2H,1H3,(H2,3,4,5)(H2,6,7,8)/p-4. The van der Waals surface area contributed by atoms with E-state index in [1.165, 1.54) is 0 Å². The molecule has 0 spiro atoms. The van der Waals surface area contributed by atoms with Crippen LogP contribution in [-0.4, -0.2) is 5.40 Å². The summed E-state index contributed by atoms with van der Waals surface area (Å²) in [5.74, 6) is 0. The summed E-state index contributed by atoms with van der Waals surface area (Å²) in [6.07, 6.45) is 0. The first-order valence-electron chi connectivity index (χ1n) is 2.19. The Kier molecular flexibility index (Phi) is 2.82. The second-order valence-corrected chi connectivity index (χ2v) is 5.83. The van der Waals surface area contributed by atoms with Gasteiger partial charge in [-0.1, -0.05) is 22.1 Å². The first-order chi connectivity index (χ1) is 4.15. The molecule has 0 amide bonds. The van der Waals surface area contributed by atoms with Crippen molar-refractivity contribution >= 4 is 15.2 Å². The lowest BCUT2D eigenvalue weighted by Crippen LogP contribution is -2.31. The second-order valence-electron chi connectivity index (χ2n) is 1.71. The fourth-order valence-electron chi connectivity index (χ4n) is 0.173. The van der Waals surface area contributed by atoms with Gasteiger partial charge in [-0.25, -0.2) is 0 Å². The highest BCUT2D eigenvalue weighted by molar-refractivity contribution is 7.68. The van der Waals surface area contributed by atoms with Crippen molar-refractivity contribution in [1.82, 2.24) is 0 Å². The topological polar surface area (TPSA) is 126 Å². The molecule has 62 valence electrons. The molecule has 0 bridgehead atoms. The van der Waals surface area contributed by atoms with Crippen LogP contribution in [0, 0.1) is 0 Å². The molecule has 0 heterocycles. The number of rotatable bonds is 2. The van der Waals surface area contributed by atoms with Gasteiger partial charge in [0, 0.05) is 5.40 Å². The van der Waals surface area contributed by atoms with Crippen LogP contribution in [0.15, 0.2) is 0 Å². The molecular formula is C2H4O6P2-4. The molecule has 0 saturated carbocycles. The third-order valence-corrected chi connectivity index (χ3v) is 4.44. The van der Waals surface area contributed by atoms with Gasteiger partial charge in [-0.2, -0.15) is 0 Å². The molecule has 8 heteroatoms. The molecule has 0 aliphatic heterocycles. The van der Waals surface area contributed by atoms with Gasteiger partial charge in [0.15, 0.2) is 0 Å². The van der Waals surface area contributed by atoms with E-state index < -0.39 is 20.6 Å². The Hall–Kier alpha value is 0.300. The van der Waals surface area contributed by atoms with Crippen LogP contribution in [0.1, 0.15) is 6.92 Å². The van der Waals surface area contributed by atoms with Gasteiger partial charge in [0.1, 0.15) is 0 Å². The molecule has 10 heavy (non-hydrogen) atoms. The summed E-state index contributed by atoms with van der Waals surface area (Å²) in [5, 5.41) is -2.35. The molecule has 0 aromatic heterocycles. The van der Waals surface area contributed by atoms with Crippen LogP contribution in [0.25, 0.3) is 0 Å². The summed E-state index contributed by atoms with van der Waals surface area (Å²) in [5.41, 5.74) is 0. The highest BCUT2D eigenvalue weighted by atomic mass is 31.2. The molecule has 0 aromatic carbocycles. The third kappa shape index (κ3) is 2.92. The monoisotopic (exact) mass is 186 g/mol. The van der Waals surface area contributed by atoms with Gasteiger partial charge in [0.25, 0.3) is 0 Å². The maximum absolute atomic E-state index is 9.88. The van der Waals surface area contributed by atoms with Crippen LogP contribution in [-0.2, 0) is 9.13 Å². The summed E-state index contributed by atoms with van der Waals surface area (Å²) < 4.78 is 19.8. The first kappa shape index (κ1) is 10.3. The van der Waals surface area contributed by atoms with Crippen molar-refractivity contribution in [1.29, 1.82) is 0 Å². The highest BCUT2D eigenvalue weighted by Gasteiger charge is 2.09. The Morgan fingerprint density at radius 1 is 1.00 bits per heavy atom. The summed E-state index contributed by atoms with van der Waals surface area (Å²) in [7, 11) is -10.5. The quantitative estimate of drug-likeness (QED) is 0.427. The molecular weight excluding hydrogens is 182 g/mol. The van der Waals surface area contributed by atoms with Crippen LogP contribution in [0.3, 0.4) is 0 Å². The summed E-state index contributed by atoms with van der Waals surface area (Å²) >= 11 is 0. The molecule has 0 unspecified atom stereocenters. The van der Waals surface area contributed by atoms with Crippen molar-refractivity contribution in [2.75, 3.05) is 0 Å². The van der Waals surface area contributed by atoms with E-state index in [1.807, 2.05) is 0 Å². The van der Waals surface area contributed by atoms with E-state index in [2.05, 4.69) is 0 Å². The molecule has 0 radical (unpaired) electrons. The van der Waals surface area contributed by atoms with E-state index in [0.29, 0.717) is 6.92 Å². The van der Waals surface area contributed by atoms with Crippen molar-refractivity contribution in [2.45, 2.75) is 12.3 Å². The maximum Gasteiger partial charge on any atom is 0.0116 e. The second kappa shape index (κ2) is 2.74. The van der Waals surface area contributed by atoms with Gasteiger partial charge >= 0.3 is 0 Å². The van der Waals surface area contributed by atoms with Gasteiger partial charge in [-0.05, 0) is 0 Å². The molecule has 0 N–H and O–H groups in total. The van der Waals surface area contributed by atoms with Crippen molar-refractivity contribution in [3.05, 3.63) is 0 Å². The zero-order valence-electron chi connectivity index (χ0n) is 4.92. The Labute approximate surface area is 57.2 Å². The fraction of sp³-hybridized carbons (Fsp3) is 1.00. The summed E-state index contributed by atoms with van der Waals surface area (Å²) in [6, 6.07) is 0. The van der Waals surface area contributed by atoms with Crippen molar-refractivity contribution in [3.63, 3.8) is 0 Å². The summed E-state index contributed by atoms with van der Waals surface area (Å²) in [4.78, 5) is 39.5. The zero-order valence-corrected chi connectivity index (χ0v) is 6.71. The molecule has 0 rings (SSSR count). The largest absolute Gasteiger partial charge is 0.810 e. The van der Waals surface area contributed by atoms with Crippen LogP contribution in [0.5, 0.6) is 0 Å². The van der Waals surface area contributed by atoms with Crippen molar-refractivity contribution < 1.29 is 28.7 Å². The molecule has 6 nitrogen and oxygen atoms in total. The van der Waals surface area contributed by atoms with E-state index in [-0.39, 0.29) is 0 Å². The lowest BCUT2D eigenvalue weighted by molar-refractivity contribution is -0.329. The number of hydrogen-bond acceptors (Lipinski definition) is 6. The minimum atomic E-state index is -5.27. The van der Waals surface area contributed by atoms with Crippen LogP contribution in [0.4, 0.5) is 0 Å². The van der Waals surface area contributed by atoms with Crippen LogP contribution in [0.2, 0.25) is 0 Å². The van der Waals surface area contributed by atoms with Gasteiger partial charge in [0.2, 0.25) is 0 Å². The average molecular weight is 186 g/mol. The SMILES string of the molecule is CC(P(=O)([O-])[O-])P(=O)([O-])[O-]. The Morgan fingerprint density at radius 3 is 1.20 bits per heavy atom. The maximum atomic E-state index is 9.88. The predicted octanol–water partition coefficient (Wildman–Crippen LogP) is -2.84. The molecule has 0 aliphatic rings. The minimum absolute atomic E-state index is 0.557. The zero-order chi connectivity index (χ0) is 8.58. The average Bonchev–Trinajstić information content (AvgIpc) is 1.59. The Balaban J connectivity index is 4.56. The third-order valence-electron chi connectivity index (χ3n) is 0.915. The van der Waals surface area contributed by atoms with Gasteiger partial charge < -0.3 is 28.7 Å². The lowest BCUT2D eigenvalue weighted by Gasteiger charge is -2.47. The van der Waals surface area contributed by atoms with Gasteiger partial charge in [0.05, 0.1) is 0 Å². The summed E-state index contributed by atoms with van der Waals surface area (Å²) in [6.45, 7) is 0.557. The van der Waals surface area contributed by atoms with E-state index in [0.717, 1.165) is 0 Å². The predicted molar refractivity (Wildman–Crippen MR) is 24.7 cm³/mol. The van der Waals surface area contributed by atoms with Crippen LogP contribution < -0.4 is 19.6 Å². The molecule has 0 saturated heterocycles. The van der Waals surface area contributed by atoms with Gasteiger partial charge in [-0.3, -0.25) is 0 Å². The molecule has 0 aliphatic carbocycles. The molecule has 0 fully saturated rings. The highest BCUT2D eigenvalue weighted by Crippen LogP contribution is 2.49. The van der Waals surface area contributed by atoms with Crippen LogP contribution >= 0.6 is 15.2 Å². The fourth-order valence-corrected chi connectivity index (χ4v) is 1.56. The molecule has 0 aromatic rings.